The maximum absolute atomic E-state index is 6.08. The highest BCUT2D eigenvalue weighted by atomic mass is 14.7. The predicted octanol–water partition coefficient (Wildman–Crippen LogP) is 0.253. The van der Waals surface area contributed by atoms with E-state index in [1.54, 1.807) is 0 Å². The highest BCUT2D eigenvalue weighted by Crippen LogP contribution is 2.14. The van der Waals surface area contributed by atoms with Crippen molar-refractivity contribution in [3.8, 4) is 11.3 Å². The summed E-state index contributed by atoms with van der Waals surface area (Å²) in [6, 6.07) is 9.67. The van der Waals surface area contributed by atoms with Crippen molar-refractivity contribution < 1.29 is 0 Å². The van der Waals surface area contributed by atoms with E-state index in [-0.39, 0.29) is 5.92 Å². The molecular weight excluding hydrogens is 215 g/mol. The third-order valence-corrected chi connectivity index (χ3v) is 2.97. The molecule has 0 amide bonds. The second kappa shape index (κ2) is 5.05. The second-order valence-electron chi connectivity index (χ2n) is 4.61. The zero-order chi connectivity index (χ0) is 13.3. The van der Waals surface area contributed by atoms with Crippen LogP contribution in [0.1, 0.15) is 25.3 Å². The monoisotopic (exact) mass is 227 g/mol. The summed E-state index contributed by atoms with van der Waals surface area (Å²) in [5, 5.41) is 0. The molecule has 0 saturated heterocycles. The Kier molecular flexibility index (Phi) is 3.65. The molecule has 2 aromatic rings. The Hall–Kier alpha value is -1.44. The van der Waals surface area contributed by atoms with Gasteiger partial charge in [0, 0.05) is 0 Å². The summed E-state index contributed by atoms with van der Waals surface area (Å²) < 4.78 is 0. The molecule has 4 heteroatoms. The molecule has 0 aliphatic carbocycles. The minimum atomic E-state index is 0.199. The molecule has 1 heterocycles. The molecule has 0 fully saturated rings. The van der Waals surface area contributed by atoms with Crippen LogP contribution in [0.3, 0.4) is 0 Å². The second-order valence-corrected chi connectivity index (χ2v) is 4.61. The number of hydrogen-bond donors (Lipinski definition) is 0. The van der Waals surface area contributed by atoms with Gasteiger partial charge in [-0.25, -0.2) is 0 Å². The number of benzene rings is 1. The molecule has 0 N–H and O–H groups in total. The lowest BCUT2D eigenvalue weighted by atomic mass is 9.71. The third-order valence-electron chi connectivity index (χ3n) is 2.97. The van der Waals surface area contributed by atoms with E-state index in [1.807, 2.05) is 44.2 Å². The van der Waals surface area contributed by atoms with Gasteiger partial charge >= 0.3 is 0 Å². The average molecular weight is 227 g/mol. The van der Waals surface area contributed by atoms with Crippen molar-refractivity contribution in [2.75, 3.05) is 0 Å². The molecule has 1 aromatic carbocycles. The van der Waals surface area contributed by atoms with E-state index in [4.69, 9.17) is 23.5 Å². The number of rotatable bonds is 2. The number of aromatic nitrogens is 1. The quantitative estimate of drug-likeness (QED) is 0.670. The van der Waals surface area contributed by atoms with Crippen molar-refractivity contribution in [3.05, 3.63) is 35.9 Å². The fourth-order valence-electron chi connectivity index (χ4n) is 2.07. The lowest BCUT2D eigenvalue weighted by Crippen LogP contribution is -2.39. The molecule has 0 bridgehead atoms. The van der Waals surface area contributed by atoms with Crippen LogP contribution in [0.5, 0.6) is 0 Å². The summed E-state index contributed by atoms with van der Waals surface area (Å²) in [5.74, 6) is 0.199. The Morgan fingerprint density at radius 3 is 2.11 bits per heavy atom. The molecule has 18 heavy (non-hydrogen) atoms. The van der Waals surface area contributed by atoms with E-state index in [2.05, 4.69) is 4.98 Å². The molecule has 82 valence electrons. The molecular formula is C14H12B3N. The van der Waals surface area contributed by atoms with Crippen LogP contribution in [0.4, 0.5) is 0 Å². The minimum Gasteiger partial charge on any atom is -0.265 e. The van der Waals surface area contributed by atoms with Gasteiger partial charge in [-0.1, -0.05) is 55.1 Å². The van der Waals surface area contributed by atoms with Gasteiger partial charge in [0.1, 0.15) is 23.5 Å². The lowest BCUT2D eigenvalue weighted by molar-refractivity contribution is 0.876. The van der Waals surface area contributed by atoms with Crippen LogP contribution in [0, 0.1) is 0 Å². The van der Waals surface area contributed by atoms with Gasteiger partial charge < -0.3 is 0 Å². The number of hydrogen-bond acceptors (Lipinski definition) is 1. The van der Waals surface area contributed by atoms with E-state index in [9.17, 15) is 0 Å². The maximum atomic E-state index is 6.08. The molecule has 0 aliphatic rings. The van der Waals surface area contributed by atoms with Crippen LogP contribution >= 0.6 is 0 Å². The first-order valence-electron chi connectivity index (χ1n) is 5.92. The van der Waals surface area contributed by atoms with Crippen molar-refractivity contribution in [2.45, 2.75) is 19.8 Å². The van der Waals surface area contributed by atoms with Gasteiger partial charge in [0.05, 0.1) is 5.69 Å². The average Bonchev–Trinajstić information content (AvgIpc) is 2.34. The highest BCUT2D eigenvalue weighted by Gasteiger charge is 2.13. The topological polar surface area (TPSA) is 12.9 Å². The zero-order valence-corrected chi connectivity index (χ0v) is 10.6. The Balaban J connectivity index is 2.66. The van der Waals surface area contributed by atoms with Crippen LogP contribution in [-0.4, -0.2) is 28.5 Å². The van der Waals surface area contributed by atoms with Crippen molar-refractivity contribution in [3.63, 3.8) is 0 Å². The van der Waals surface area contributed by atoms with Crippen LogP contribution < -0.4 is 16.5 Å². The third kappa shape index (κ3) is 2.24. The summed E-state index contributed by atoms with van der Waals surface area (Å²) in [5.41, 5.74) is 3.89. The Morgan fingerprint density at radius 1 is 0.944 bits per heavy atom. The van der Waals surface area contributed by atoms with Gasteiger partial charge in [0.25, 0.3) is 0 Å². The Morgan fingerprint density at radius 2 is 1.56 bits per heavy atom. The molecule has 1 nitrogen and oxygen atoms in total. The summed E-state index contributed by atoms with van der Waals surface area (Å²) in [6.45, 7) is 4.04. The lowest BCUT2D eigenvalue weighted by Gasteiger charge is -2.19. The van der Waals surface area contributed by atoms with Gasteiger partial charge in [-0.15, -0.1) is 0 Å². The fourth-order valence-corrected chi connectivity index (χ4v) is 2.07. The minimum absolute atomic E-state index is 0.199. The highest BCUT2D eigenvalue weighted by molar-refractivity contribution is 6.52. The van der Waals surface area contributed by atoms with Gasteiger partial charge in [0.2, 0.25) is 0 Å². The normalized spacial score (nSPS) is 10.8. The predicted molar refractivity (Wildman–Crippen MR) is 79.9 cm³/mol. The van der Waals surface area contributed by atoms with E-state index >= 15 is 0 Å². The standard InChI is InChI=1S/C14H12B3N/c1-8(2)10-11(15)12(16)13(18-14(10)17)9-6-4-3-5-7-9/h3-8H,1-2H3. The van der Waals surface area contributed by atoms with Crippen LogP contribution in [0.2, 0.25) is 0 Å². The van der Waals surface area contributed by atoms with Gasteiger partial charge in [-0.2, -0.15) is 0 Å². The first kappa shape index (κ1) is 13.0. The summed E-state index contributed by atoms with van der Waals surface area (Å²) >= 11 is 0. The fraction of sp³-hybridized carbons (Fsp3) is 0.214. The number of pyridine rings is 1. The van der Waals surface area contributed by atoms with Crippen molar-refractivity contribution in [1.29, 1.82) is 0 Å². The summed E-state index contributed by atoms with van der Waals surface area (Å²) in [7, 11) is 18.1. The van der Waals surface area contributed by atoms with E-state index in [1.165, 1.54) is 0 Å². The molecule has 1 aromatic heterocycles. The number of nitrogens with zero attached hydrogens (tertiary/aromatic N) is 1. The van der Waals surface area contributed by atoms with Gasteiger partial charge in [0.15, 0.2) is 0 Å². The molecule has 6 radical (unpaired) electrons. The molecule has 0 aliphatic heterocycles. The van der Waals surface area contributed by atoms with E-state index in [0.29, 0.717) is 22.2 Å². The van der Waals surface area contributed by atoms with Gasteiger partial charge in [-0.05, 0) is 22.6 Å². The van der Waals surface area contributed by atoms with Crippen LogP contribution in [0.15, 0.2) is 30.3 Å². The Bertz CT molecular complexity index is 565. The molecule has 2 rings (SSSR count). The Labute approximate surface area is 112 Å². The molecule has 0 spiro atoms. The SMILES string of the molecule is [B]c1nc(-c2ccccc2)c([B])c([B])c1C(C)C. The van der Waals surface area contributed by atoms with Crippen molar-refractivity contribution >= 4 is 40.1 Å². The van der Waals surface area contributed by atoms with Crippen molar-refractivity contribution in [2.24, 2.45) is 0 Å². The molecule has 0 unspecified atom stereocenters. The first-order chi connectivity index (χ1) is 8.52. The molecule has 0 atom stereocenters. The first-order valence-corrected chi connectivity index (χ1v) is 5.92. The van der Waals surface area contributed by atoms with Gasteiger partial charge in [-0.3, -0.25) is 4.98 Å². The van der Waals surface area contributed by atoms with E-state index < -0.39 is 0 Å². The molecule has 0 saturated carbocycles. The largest absolute Gasteiger partial charge is 0.265 e. The maximum Gasteiger partial charge on any atom is 0.142 e. The van der Waals surface area contributed by atoms with Crippen LogP contribution in [0.25, 0.3) is 11.3 Å². The summed E-state index contributed by atoms with van der Waals surface area (Å²) in [6.07, 6.45) is 0. The smallest absolute Gasteiger partial charge is 0.142 e. The van der Waals surface area contributed by atoms with Crippen molar-refractivity contribution in [1.82, 2.24) is 4.98 Å². The zero-order valence-electron chi connectivity index (χ0n) is 10.6. The summed E-state index contributed by atoms with van der Waals surface area (Å²) in [4.78, 5) is 4.40. The van der Waals surface area contributed by atoms with E-state index in [0.717, 1.165) is 11.1 Å². The van der Waals surface area contributed by atoms with Crippen LogP contribution in [-0.2, 0) is 0 Å².